The number of rotatable bonds is 5. The van der Waals surface area contributed by atoms with Gasteiger partial charge in [0, 0.05) is 0 Å². The van der Waals surface area contributed by atoms with Gasteiger partial charge < -0.3 is 0 Å². The zero-order valence-corrected chi connectivity index (χ0v) is 24.4. The lowest BCUT2D eigenvalue weighted by Crippen LogP contribution is -1.92. The molecule has 0 atom stereocenters. The van der Waals surface area contributed by atoms with Gasteiger partial charge in [-0.2, -0.15) is 0 Å². The molecule has 0 radical (unpaired) electrons. The van der Waals surface area contributed by atoms with Crippen LogP contribution in [0.25, 0.3) is 88.6 Å². The third-order valence-electron chi connectivity index (χ3n) is 8.97. The molecule has 0 aliphatic heterocycles. The van der Waals surface area contributed by atoms with Crippen molar-refractivity contribution in [2.24, 2.45) is 0 Å². The summed E-state index contributed by atoms with van der Waals surface area (Å²) < 4.78 is 0. The summed E-state index contributed by atoms with van der Waals surface area (Å²) in [7, 11) is 0. The van der Waals surface area contributed by atoms with E-state index in [-0.39, 0.29) is 0 Å². The third-order valence-corrected chi connectivity index (χ3v) is 8.97. The van der Waals surface area contributed by atoms with Crippen LogP contribution in [0.15, 0.2) is 159 Å². The minimum atomic E-state index is 1.12. The summed E-state index contributed by atoms with van der Waals surface area (Å²) in [5.74, 6) is 0. The molecule has 0 spiro atoms. The molecule has 0 nitrogen and oxygen atoms in total. The first-order chi connectivity index (χ1) is 21.7. The maximum Gasteiger partial charge on any atom is -0.00930 e. The van der Waals surface area contributed by atoms with Crippen LogP contribution in [0.4, 0.5) is 0 Å². The lowest BCUT2D eigenvalue weighted by Gasteiger charge is -2.17. The third kappa shape index (κ3) is 4.23. The van der Waals surface area contributed by atoms with Crippen LogP contribution in [-0.4, -0.2) is 0 Å². The average molecular weight is 559 g/mol. The molecule has 8 aromatic carbocycles. The lowest BCUT2D eigenvalue weighted by atomic mass is 9.87. The fraction of sp³-hybridized carbons (Fsp3) is 0. The Balaban J connectivity index is 1.30. The number of fused-ring (bicyclic) bond motifs is 4. The Bertz CT molecular complexity index is 2420. The first-order valence-electron chi connectivity index (χ1n) is 15.1. The summed E-state index contributed by atoms with van der Waals surface area (Å²) in [6, 6.07) is 53.0. The van der Waals surface area contributed by atoms with Crippen LogP contribution in [0.2, 0.25) is 0 Å². The van der Waals surface area contributed by atoms with Crippen molar-refractivity contribution in [1.29, 1.82) is 0 Å². The Morgan fingerprint density at radius 1 is 0.318 bits per heavy atom. The van der Waals surface area contributed by atoms with Gasteiger partial charge in [0.15, 0.2) is 0 Å². The molecular formula is C44H30. The highest BCUT2D eigenvalue weighted by Gasteiger charge is 2.15. The van der Waals surface area contributed by atoms with Gasteiger partial charge in [-0.05, 0) is 118 Å². The molecule has 0 heteroatoms. The molecule has 44 heavy (non-hydrogen) atoms. The van der Waals surface area contributed by atoms with Gasteiger partial charge in [0.25, 0.3) is 0 Å². The van der Waals surface area contributed by atoms with Crippen LogP contribution in [-0.2, 0) is 0 Å². The zero-order chi connectivity index (χ0) is 29.6. The molecule has 0 fully saturated rings. The van der Waals surface area contributed by atoms with Crippen molar-refractivity contribution in [1.82, 2.24) is 0 Å². The topological polar surface area (TPSA) is 0 Å². The molecule has 0 unspecified atom stereocenters. The van der Waals surface area contributed by atoms with Crippen molar-refractivity contribution in [3.63, 3.8) is 0 Å². The Morgan fingerprint density at radius 3 is 1.66 bits per heavy atom. The number of benzene rings is 8. The van der Waals surface area contributed by atoms with Crippen LogP contribution >= 0.6 is 0 Å². The highest BCUT2D eigenvalue weighted by Crippen LogP contribution is 2.40. The van der Waals surface area contributed by atoms with Gasteiger partial charge in [-0.1, -0.05) is 141 Å². The second-order valence-corrected chi connectivity index (χ2v) is 11.4. The van der Waals surface area contributed by atoms with E-state index in [0.29, 0.717) is 0 Å². The van der Waals surface area contributed by atoms with Gasteiger partial charge >= 0.3 is 0 Å². The van der Waals surface area contributed by atoms with E-state index in [4.69, 9.17) is 0 Å². The maximum absolute atomic E-state index is 4.20. The Hall–Kier alpha value is -5.72. The fourth-order valence-corrected chi connectivity index (χ4v) is 6.83. The molecular weight excluding hydrogens is 528 g/mol. The Morgan fingerprint density at radius 2 is 0.886 bits per heavy atom. The molecule has 8 rings (SSSR count). The first kappa shape index (κ1) is 25.9. The van der Waals surface area contributed by atoms with Crippen LogP contribution in [0.3, 0.4) is 0 Å². The van der Waals surface area contributed by atoms with E-state index >= 15 is 0 Å². The lowest BCUT2D eigenvalue weighted by molar-refractivity contribution is 1.62. The van der Waals surface area contributed by atoms with E-state index in [1.54, 1.807) is 0 Å². The second-order valence-electron chi connectivity index (χ2n) is 11.4. The minimum absolute atomic E-state index is 1.12. The predicted octanol–water partition coefficient (Wildman–Crippen LogP) is 12.6. The number of hydrogen-bond acceptors (Lipinski definition) is 0. The molecule has 0 amide bonds. The van der Waals surface area contributed by atoms with Crippen LogP contribution in [0, 0.1) is 0 Å². The smallest absolute Gasteiger partial charge is 0.00930 e. The van der Waals surface area contributed by atoms with Crippen molar-refractivity contribution >= 4 is 55.2 Å². The molecule has 0 aliphatic rings. The summed E-state index contributed by atoms with van der Waals surface area (Å²) in [5, 5.41) is 9.85. The molecule has 0 saturated carbocycles. The standard InChI is InChI=1S/C44H30/c1-3-37-38(4-2)44(28-34-14-7-8-19-39(34)37)41-21-11-18-36-26-42-35(27-43(36)41)17-10-20-40(42)33-16-9-15-31(25-33)32-23-22-29-12-5-6-13-30(29)24-32/h3-28H,1-2H2. The van der Waals surface area contributed by atoms with Crippen LogP contribution in [0.5, 0.6) is 0 Å². The average Bonchev–Trinajstić information content (AvgIpc) is 3.09. The van der Waals surface area contributed by atoms with Crippen molar-refractivity contribution in [3.05, 3.63) is 170 Å². The highest BCUT2D eigenvalue weighted by atomic mass is 14.2. The molecule has 0 bridgehead atoms. The van der Waals surface area contributed by atoms with Crippen molar-refractivity contribution < 1.29 is 0 Å². The molecule has 0 saturated heterocycles. The normalized spacial score (nSPS) is 11.4. The molecule has 206 valence electrons. The highest BCUT2D eigenvalue weighted by molar-refractivity contribution is 6.11. The molecule has 0 N–H and O–H groups in total. The SMILES string of the molecule is C=Cc1c(-c2cccc3cc4c(-c5cccc(-c6ccc7ccccc7c6)c5)cccc4cc23)cc2ccccc2c1C=C. The summed E-state index contributed by atoms with van der Waals surface area (Å²) in [6.07, 6.45) is 3.93. The van der Waals surface area contributed by atoms with E-state index in [1.165, 1.54) is 76.5 Å². The molecule has 0 aromatic heterocycles. The minimum Gasteiger partial charge on any atom is -0.0984 e. The summed E-state index contributed by atoms with van der Waals surface area (Å²) in [5.41, 5.74) is 9.53. The van der Waals surface area contributed by atoms with E-state index < -0.39 is 0 Å². The van der Waals surface area contributed by atoms with Gasteiger partial charge in [0.1, 0.15) is 0 Å². The predicted molar refractivity (Wildman–Crippen MR) is 193 cm³/mol. The van der Waals surface area contributed by atoms with Crippen molar-refractivity contribution in [2.75, 3.05) is 0 Å². The van der Waals surface area contributed by atoms with Gasteiger partial charge in [-0.3, -0.25) is 0 Å². The Kier molecular flexibility index (Phi) is 6.21. The van der Waals surface area contributed by atoms with Crippen molar-refractivity contribution in [3.8, 4) is 33.4 Å². The van der Waals surface area contributed by atoms with Gasteiger partial charge in [0.2, 0.25) is 0 Å². The zero-order valence-electron chi connectivity index (χ0n) is 24.4. The summed E-state index contributed by atoms with van der Waals surface area (Å²) in [6.45, 7) is 8.36. The fourth-order valence-electron chi connectivity index (χ4n) is 6.83. The van der Waals surface area contributed by atoms with Gasteiger partial charge in [-0.15, -0.1) is 0 Å². The first-order valence-corrected chi connectivity index (χ1v) is 15.1. The van der Waals surface area contributed by atoms with E-state index in [0.717, 1.165) is 11.1 Å². The Labute approximate surface area is 257 Å². The van der Waals surface area contributed by atoms with Crippen LogP contribution < -0.4 is 0 Å². The number of hydrogen-bond donors (Lipinski definition) is 0. The van der Waals surface area contributed by atoms with E-state index in [2.05, 4.69) is 159 Å². The maximum atomic E-state index is 4.20. The van der Waals surface area contributed by atoms with E-state index in [1.807, 2.05) is 12.2 Å². The summed E-state index contributed by atoms with van der Waals surface area (Å²) in [4.78, 5) is 0. The van der Waals surface area contributed by atoms with Gasteiger partial charge in [-0.25, -0.2) is 0 Å². The second kappa shape index (κ2) is 10.5. The largest absolute Gasteiger partial charge is 0.0984 e. The quantitative estimate of drug-likeness (QED) is 0.184. The van der Waals surface area contributed by atoms with Gasteiger partial charge in [0.05, 0.1) is 0 Å². The summed E-state index contributed by atoms with van der Waals surface area (Å²) >= 11 is 0. The monoisotopic (exact) mass is 558 g/mol. The van der Waals surface area contributed by atoms with Crippen molar-refractivity contribution in [2.45, 2.75) is 0 Å². The van der Waals surface area contributed by atoms with E-state index in [9.17, 15) is 0 Å². The molecule has 8 aromatic rings. The molecule has 0 heterocycles. The van der Waals surface area contributed by atoms with Crippen LogP contribution in [0.1, 0.15) is 11.1 Å². The molecule has 0 aliphatic carbocycles.